The zero-order chi connectivity index (χ0) is 11.2. The summed E-state index contributed by atoms with van der Waals surface area (Å²) in [7, 11) is -3.51. The Bertz CT molecular complexity index is 240. The molecule has 8 heteroatoms. The third kappa shape index (κ3) is 7.58. The van der Waals surface area contributed by atoms with Crippen LogP contribution in [0.5, 0.6) is 0 Å². The number of thiol groups is 4. The minimum absolute atomic E-state index is 0.0437. The monoisotopic (exact) mass is 294 g/mol. The van der Waals surface area contributed by atoms with Crippen molar-refractivity contribution in [2.75, 3.05) is 23.9 Å². The van der Waals surface area contributed by atoms with E-state index in [0.717, 1.165) is 0 Å². The molecule has 0 aliphatic rings. The van der Waals surface area contributed by atoms with Crippen molar-refractivity contribution in [3.05, 3.63) is 0 Å². The van der Waals surface area contributed by atoms with Crippen molar-refractivity contribution in [2.24, 2.45) is 0 Å². The first-order valence-corrected chi connectivity index (χ1v) is 7.73. The lowest BCUT2D eigenvalue weighted by molar-refractivity contribution is 0.324. The van der Waals surface area contributed by atoms with Crippen molar-refractivity contribution in [2.45, 2.75) is 10.5 Å². The van der Waals surface area contributed by atoms with Crippen LogP contribution in [0.3, 0.4) is 0 Å². The molecule has 0 saturated heterocycles. The summed E-state index contributed by atoms with van der Waals surface area (Å²) in [6.45, 7) is 0.0437. The molecule has 0 heterocycles. The van der Waals surface area contributed by atoms with E-state index >= 15 is 0 Å². The maximum Gasteiger partial charge on any atom is 0.268 e. The van der Waals surface area contributed by atoms with Crippen LogP contribution in [-0.4, -0.2) is 42.8 Å². The van der Waals surface area contributed by atoms with Gasteiger partial charge in [-0.3, -0.25) is 4.18 Å². The maximum absolute atomic E-state index is 11.3. The lowest BCUT2D eigenvalue weighted by Gasteiger charge is -2.11. The van der Waals surface area contributed by atoms with Gasteiger partial charge in [0.1, 0.15) is 0 Å². The molecule has 0 radical (unpaired) electrons. The predicted molar refractivity (Wildman–Crippen MR) is 73.0 cm³/mol. The fraction of sp³-hybridized carbons (Fsp3) is 1.00. The fourth-order valence-corrected chi connectivity index (χ4v) is 2.76. The van der Waals surface area contributed by atoms with Gasteiger partial charge in [0.05, 0.1) is 12.4 Å². The molecule has 86 valence electrons. The third-order valence-corrected chi connectivity index (χ3v) is 4.97. The van der Waals surface area contributed by atoms with Gasteiger partial charge in [-0.15, -0.1) is 0 Å². The highest BCUT2D eigenvalue weighted by Gasteiger charge is 2.17. The van der Waals surface area contributed by atoms with E-state index in [1.165, 1.54) is 0 Å². The molecule has 0 amide bonds. The molecule has 0 saturated carbocycles. The summed E-state index contributed by atoms with van der Waals surface area (Å²) in [4.78, 5) is 0. The Morgan fingerprint density at radius 2 is 1.57 bits per heavy atom. The van der Waals surface area contributed by atoms with E-state index in [9.17, 15) is 8.42 Å². The first-order chi connectivity index (χ1) is 6.41. The van der Waals surface area contributed by atoms with Crippen molar-refractivity contribution in [3.63, 3.8) is 0 Å². The second-order valence-corrected chi connectivity index (χ2v) is 6.56. The Labute approximate surface area is 107 Å². The topological polar surface area (TPSA) is 43.4 Å². The molecule has 0 spiro atoms. The summed E-state index contributed by atoms with van der Waals surface area (Å²) in [6.07, 6.45) is 0. The van der Waals surface area contributed by atoms with Gasteiger partial charge in [0.2, 0.25) is 0 Å². The van der Waals surface area contributed by atoms with Crippen LogP contribution in [0.2, 0.25) is 0 Å². The van der Waals surface area contributed by atoms with Gasteiger partial charge in [0.25, 0.3) is 10.1 Å². The van der Waals surface area contributed by atoms with Gasteiger partial charge in [0.15, 0.2) is 0 Å². The number of rotatable bonds is 7. The van der Waals surface area contributed by atoms with Gasteiger partial charge < -0.3 is 0 Å². The standard InChI is InChI=1S/C6H14O3S5/c7-14(8,4-6(13)3-11)9-1-5(12)2-10/h5-6,10-13H,1-4H2. The van der Waals surface area contributed by atoms with Crippen LogP contribution in [0, 0.1) is 0 Å². The summed E-state index contributed by atoms with van der Waals surface area (Å²) in [5.41, 5.74) is 0. The largest absolute Gasteiger partial charge is 0.269 e. The molecular weight excluding hydrogens is 280 g/mol. The van der Waals surface area contributed by atoms with Crippen molar-refractivity contribution in [1.82, 2.24) is 0 Å². The maximum atomic E-state index is 11.3. The normalized spacial score (nSPS) is 16.6. The Morgan fingerprint density at radius 1 is 1.07 bits per heavy atom. The molecule has 0 aromatic carbocycles. The Hall–Kier alpha value is 1.31. The second-order valence-electron chi connectivity index (χ2n) is 2.68. The minimum atomic E-state index is -3.51. The molecule has 2 atom stereocenters. The minimum Gasteiger partial charge on any atom is -0.269 e. The van der Waals surface area contributed by atoms with E-state index in [2.05, 4.69) is 50.5 Å². The molecule has 0 rings (SSSR count). The molecule has 0 aromatic heterocycles. The molecule has 14 heavy (non-hydrogen) atoms. The summed E-state index contributed by atoms with van der Waals surface area (Å²) in [6, 6.07) is 0. The first kappa shape index (κ1) is 15.3. The van der Waals surface area contributed by atoms with E-state index < -0.39 is 10.1 Å². The van der Waals surface area contributed by atoms with Gasteiger partial charge in [-0.1, -0.05) is 0 Å². The fourth-order valence-electron chi connectivity index (χ4n) is 0.571. The lowest BCUT2D eigenvalue weighted by Crippen LogP contribution is -2.23. The average molecular weight is 295 g/mol. The average Bonchev–Trinajstić information content (AvgIpc) is 2.13. The van der Waals surface area contributed by atoms with Crippen molar-refractivity contribution in [3.8, 4) is 0 Å². The smallest absolute Gasteiger partial charge is 0.268 e. The van der Waals surface area contributed by atoms with E-state index in [0.29, 0.717) is 11.5 Å². The van der Waals surface area contributed by atoms with Gasteiger partial charge >= 0.3 is 0 Å². The van der Waals surface area contributed by atoms with Crippen LogP contribution in [0.4, 0.5) is 0 Å². The van der Waals surface area contributed by atoms with Crippen LogP contribution >= 0.6 is 50.5 Å². The first-order valence-electron chi connectivity index (χ1n) is 3.86. The van der Waals surface area contributed by atoms with E-state index in [-0.39, 0.29) is 22.9 Å². The molecule has 3 nitrogen and oxygen atoms in total. The lowest BCUT2D eigenvalue weighted by atomic mass is 10.5. The van der Waals surface area contributed by atoms with Gasteiger partial charge in [-0.2, -0.15) is 58.9 Å². The molecule has 0 aromatic rings. The van der Waals surface area contributed by atoms with Gasteiger partial charge in [-0.05, 0) is 0 Å². The van der Waals surface area contributed by atoms with Crippen molar-refractivity contribution in [1.29, 1.82) is 0 Å². The molecule has 0 aliphatic heterocycles. The Morgan fingerprint density at radius 3 is 2.00 bits per heavy atom. The van der Waals surface area contributed by atoms with E-state index in [4.69, 9.17) is 4.18 Å². The van der Waals surface area contributed by atoms with Gasteiger partial charge in [-0.25, -0.2) is 0 Å². The van der Waals surface area contributed by atoms with Crippen LogP contribution < -0.4 is 0 Å². The van der Waals surface area contributed by atoms with Crippen LogP contribution in [0.15, 0.2) is 0 Å². The highest BCUT2D eigenvalue weighted by molar-refractivity contribution is 7.89. The molecule has 0 bridgehead atoms. The molecule has 2 unspecified atom stereocenters. The van der Waals surface area contributed by atoms with Crippen LogP contribution in [0.25, 0.3) is 0 Å². The highest BCUT2D eigenvalue weighted by atomic mass is 32.2. The molecular formula is C6H14O3S5. The quantitative estimate of drug-likeness (QED) is 0.415. The number of hydrogen-bond acceptors (Lipinski definition) is 7. The van der Waals surface area contributed by atoms with Crippen LogP contribution in [0.1, 0.15) is 0 Å². The summed E-state index contributed by atoms with van der Waals surface area (Å²) < 4.78 is 27.2. The van der Waals surface area contributed by atoms with Crippen molar-refractivity contribution >= 4 is 60.6 Å². The molecule has 0 N–H and O–H groups in total. The van der Waals surface area contributed by atoms with E-state index in [1.54, 1.807) is 0 Å². The number of hydrogen-bond donors (Lipinski definition) is 4. The summed E-state index contributed by atoms with van der Waals surface area (Å²) in [5, 5.41) is -0.486. The molecule has 0 aliphatic carbocycles. The zero-order valence-electron chi connectivity index (χ0n) is 7.40. The second kappa shape index (κ2) is 7.56. The third-order valence-electron chi connectivity index (χ3n) is 1.26. The molecule has 0 fully saturated rings. The SMILES string of the molecule is O=S(=O)(CC(S)CS)OCC(S)CS. The van der Waals surface area contributed by atoms with Gasteiger partial charge in [0, 0.05) is 22.0 Å². The van der Waals surface area contributed by atoms with E-state index in [1.807, 2.05) is 0 Å². The Kier molecular flexibility index (Phi) is 8.27. The summed E-state index contributed by atoms with van der Waals surface area (Å²) >= 11 is 16.0. The summed E-state index contributed by atoms with van der Waals surface area (Å²) in [5.74, 6) is 0.727. The predicted octanol–water partition coefficient (Wildman–Crippen LogP) is 0.789. The highest BCUT2D eigenvalue weighted by Crippen LogP contribution is 2.07. The van der Waals surface area contributed by atoms with Crippen molar-refractivity contribution < 1.29 is 12.6 Å². The van der Waals surface area contributed by atoms with Crippen LogP contribution in [-0.2, 0) is 14.3 Å². The Balaban J connectivity index is 3.96. The zero-order valence-corrected chi connectivity index (χ0v) is 11.8.